The molecule has 34 heavy (non-hydrogen) atoms. The zero-order chi connectivity index (χ0) is 24.9. The van der Waals surface area contributed by atoms with E-state index in [1.54, 1.807) is 0 Å². The number of hydrogen-bond acceptors (Lipinski definition) is 3. The van der Waals surface area contributed by atoms with Crippen LogP contribution in [0.2, 0.25) is 5.04 Å². The first-order valence-electron chi connectivity index (χ1n) is 12.8. The van der Waals surface area contributed by atoms with Crippen LogP contribution in [0.3, 0.4) is 0 Å². The van der Waals surface area contributed by atoms with Gasteiger partial charge in [-0.15, -0.1) is 0 Å². The normalized spacial score (nSPS) is 31.4. The third-order valence-corrected chi connectivity index (χ3v) is 13.7. The lowest BCUT2D eigenvalue weighted by Gasteiger charge is -2.48. The molecule has 1 N–H and O–H groups in total. The molecule has 4 heteroatoms. The summed E-state index contributed by atoms with van der Waals surface area (Å²) in [6.07, 6.45) is 1.24. The summed E-state index contributed by atoms with van der Waals surface area (Å²) in [6.45, 7) is 15.9. The second kappa shape index (κ2) is 8.72. The predicted octanol–water partition coefficient (Wildman–Crippen LogP) is 5.20. The summed E-state index contributed by atoms with van der Waals surface area (Å²) in [5, 5.41) is 14.0. The van der Waals surface area contributed by atoms with Gasteiger partial charge in [0, 0.05) is 24.9 Å². The van der Waals surface area contributed by atoms with Crippen LogP contribution in [0.25, 0.3) is 0 Å². The first-order chi connectivity index (χ1) is 15.8. The summed E-state index contributed by atoms with van der Waals surface area (Å²) in [4.78, 5) is 13.2. The van der Waals surface area contributed by atoms with Crippen molar-refractivity contribution in [2.45, 2.75) is 71.9 Å². The highest BCUT2D eigenvalue weighted by molar-refractivity contribution is 6.99. The lowest BCUT2D eigenvalue weighted by atomic mass is 9.62. The van der Waals surface area contributed by atoms with Crippen molar-refractivity contribution in [3.63, 3.8) is 0 Å². The van der Waals surface area contributed by atoms with E-state index in [1.165, 1.54) is 10.4 Å². The summed E-state index contributed by atoms with van der Waals surface area (Å²) in [5.41, 5.74) is -1.06. The zero-order valence-electron chi connectivity index (χ0n) is 22.0. The van der Waals surface area contributed by atoms with Gasteiger partial charge in [0.05, 0.1) is 5.60 Å². The van der Waals surface area contributed by atoms with Crippen LogP contribution in [0.5, 0.6) is 0 Å². The van der Waals surface area contributed by atoms with E-state index < -0.39 is 13.9 Å². The molecule has 2 aliphatic rings. The topological polar surface area (TPSA) is 46.5 Å². The van der Waals surface area contributed by atoms with Gasteiger partial charge in [0.1, 0.15) is 5.78 Å². The summed E-state index contributed by atoms with van der Waals surface area (Å²) in [7, 11) is -2.67. The highest BCUT2D eigenvalue weighted by Gasteiger charge is 2.62. The number of aliphatic hydroxyl groups is 1. The molecule has 2 saturated carbocycles. The summed E-state index contributed by atoms with van der Waals surface area (Å²) in [6, 6.07) is 21.4. The molecule has 184 valence electrons. The molecule has 0 unspecified atom stereocenters. The van der Waals surface area contributed by atoms with Crippen molar-refractivity contribution in [1.29, 1.82) is 0 Å². The number of carbonyl (C=O) groups is 1. The largest absolute Gasteiger partial charge is 0.407 e. The lowest BCUT2D eigenvalue weighted by Crippen LogP contribution is -2.67. The Balaban J connectivity index is 1.78. The van der Waals surface area contributed by atoms with E-state index in [9.17, 15) is 9.90 Å². The van der Waals surface area contributed by atoms with Crippen molar-refractivity contribution < 1.29 is 14.3 Å². The number of carbonyl (C=O) groups excluding carboxylic acids is 1. The predicted molar refractivity (Wildman–Crippen MR) is 142 cm³/mol. The molecule has 2 aromatic rings. The smallest absolute Gasteiger partial charge is 0.261 e. The van der Waals surface area contributed by atoms with E-state index in [0.29, 0.717) is 25.2 Å². The van der Waals surface area contributed by atoms with Crippen LogP contribution in [0.15, 0.2) is 60.7 Å². The molecule has 5 atom stereocenters. The minimum absolute atomic E-state index is 0.0723. The number of hydrogen-bond donors (Lipinski definition) is 1. The van der Waals surface area contributed by atoms with Gasteiger partial charge in [-0.25, -0.2) is 0 Å². The third-order valence-electron chi connectivity index (χ3n) is 8.70. The van der Waals surface area contributed by atoms with Gasteiger partial charge in [-0.05, 0) is 46.0 Å². The number of ketones is 1. The monoisotopic (exact) mass is 478 g/mol. The molecule has 0 heterocycles. The van der Waals surface area contributed by atoms with E-state index in [-0.39, 0.29) is 34.1 Å². The van der Waals surface area contributed by atoms with Crippen LogP contribution < -0.4 is 10.4 Å². The van der Waals surface area contributed by atoms with Gasteiger partial charge in [0.25, 0.3) is 8.32 Å². The van der Waals surface area contributed by atoms with Crippen molar-refractivity contribution in [2.75, 3.05) is 6.61 Å². The minimum Gasteiger partial charge on any atom is -0.407 e. The van der Waals surface area contributed by atoms with Crippen molar-refractivity contribution in [3.05, 3.63) is 60.7 Å². The van der Waals surface area contributed by atoms with Crippen molar-refractivity contribution in [3.8, 4) is 0 Å². The van der Waals surface area contributed by atoms with E-state index in [2.05, 4.69) is 102 Å². The fourth-order valence-corrected chi connectivity index (χ4v) is 12.1. The summed E-state index contributed by atoms with van der Waals surface area (Å²) >= 11 is 0. The van der Waals surface area contributed by atoms with Gasteiger partial charge in [-0.1, -0.05) is 102 Å². The summed E-state index contributed by atoms with van der Waals surface area (Å²) in [5.74, 6) is 0.471. The molecular weight excluding hydrogens is 436 g/mol. The Morgan fingerprint density at radius 1 is 0.971 bits per heavy atom. The maximum atomic E-state index is 13.2. The second-order valence-corrected chi connectivity index (χ2v) is 17.1. The Hall–Kier alpha value is -1.75. The van der Waals surface area contributed by atoms with Gasteiger partial charge in [0.15, 0.2) is 0 Å². The number of benzene rings is 2. The van der Waals surface area contributed by atoms with Crippen molar-refractivity contribution in [2.24, 2.45) is 29.1 Å². The number of fused-ring (bicyclic) bond motifs is 1. The molecule has 0 bridgehead atoms. The van der Waals surface area contributed by atoms with Crippen LogP contribution in [-0.2, 0) is 9.22 Å². The molecule has 0 aromatic heterocycles. The zero-order valence-corrected chi connectivity index (χ0v) is 23.0. The van der Waals surface area contributed by atoms with Gasteiger partial charge < -0.3 is 9.53 Å². The summed E-state index contributed by atoms with van der Waals surface area (Å²) < 4.78 is 7.30. The quantitative estimate of drug-likeness (QED) is 0.601. The van der Waals surface area contributed by atoms with E-state index in [4.69, 9.17) is 4.43 Å². The SMILES string of the molecule is C[C@@H]1CC(=O)[C@H]2[C@@H]([C@H]1CO[Si](c1ccccc1)(c1ccccc1)C(C)(C)C)[C@](C)(O)CC2(C)C. The Bertz CT molecular complexity index is 967. The first-order valence-corrected chi connectivity index (χ1v) is 14.7. The van der Waals surface area contributed by atoms with Gasteiger partial charge in [0.2, 0.25) is 0 Å². The molecule has 2 fully saturated rings. The molecule has 4 rings (SSSR count). The van der Waals surface area contributed by atoms with Gasteiger partial charge in [-0.3, -0.25) is 4.79 Å². The molecule has 2 aromatic carbocycles. The van der Waals surface area contributed by atoms with Crippen molar-refractivity contribution >= 4 is 24.5 Å². The Morgan fingerprint density at radius 3 is 1.94 bits per heavy atom. The standard InChI is InChI=1S/C30H42O3Si/c1-21-18-25(31)27-26(30(7,32)20-29(27,5)6)24(21)19-33-34(28(2,3)4,22-14-10-8-11-15-22)23-16-12-9-13-17-23/h8-17,21,24,26-27,32H,18-20H2,1-7H3/t21-,24+,26-,27+,30-/m1/s1. The number of rotatable bonds is 5. The average Bonchev–Trinajstić information content (AvgIpc) is 2.95. The van der Waals surface area contributed by atoms with Crippen LogP contribution in [-0.4, -0.2) is 31.4 Å². The van der Waals surface area contributed by atoms with Crippen LogP contribution in [0.1, 0.15) is 61.3 Å². The van der Waals surface area contributed by atoms with Crippen LogP contribution in [0, 0.1) is 29.1 Å². The van der Waals surface area contributed by atoms with E-state index in [0.717, 1.165) is 0 Å². The lowest BCUT2D eigenvalue weighted by molar-refractivity contribution is -0.139. The molecule has 3 nitrogen and oxygen atoms in total. The van der Waals surface area contributed by atoms with Crippen LogP contribution in [0.4, 0.5) is 0 Å². The maximum Gasteiger partial charge on any atom is 0.261 e. The molecule has 2 aliphatic carbocycles. The fraction of sp³-hybridized carbons (Fsp3) is 0.567. The molecule has 0 saturated heterocycles. The second-order valence-electron chi connectivity index (χ2n) is 12.8. The Kier molecular flexibility index (Phi) is 6.50. The van der Waals surface area contributed by atoms with Gasteiger partial charge in [-0.2, -0.15) is 0 Å². The average molecular weight is 479 g/mol. The fourth-order valence-electron chi connectivity index (χ4n) is 7.54. The Morgan fingerprint density at radius 2 is 1.47 bits per heavy atom. The minimum atomic E-state index is -2.67. The van der Waals surface area contributed by atoms with E-state index in [1.807, 2.05) is 6.92 Å². The molecular formula is C30H42O3Si. The third kappa shape index (κ3) is 4.12. The Labute approximate surface area is 207 Å². The molecule has 0 radical (unpaired) electrons. The van der Waals surface area contributed by atoms with Gasteiger partial charge >= 0.3 is 0 Å². The number of Topliss-reactive ketones (excluding diaryl/α,β-unsaturated/α-hetero) is 1. The molecule has 0 aliphatic heterocycles. The maximum absolute atomic E-state index is 13.2. The highest BCUT2D eigenvalue weighted by atomic mass is 28.4. The first kappa shape index (κ1) is 25.3. The van der Waals surface area contributed by atoms with Crippen molar-refractivity contribution in [1.82, 2.24) is 0 Å². The highest BCUT2D eigenvalue weighted by Crippen LogP contribution is 2.59. The van der Waals surface area contributed by atoms with Crippen LogP contribution >= 0.6 is 0 Å². The van der Waals surface area contributed by atoms with E-state index >= 15 is 0 Å². The molecule has 0 amide bonds. The molecule has 0 spiro atoms.